The summed E-state index contributed by atoms with van der Waals surface area (Å²) in [6, 6.07) is 5.47. The van der Waals surface area contributed by atoms with Gasteiger partial charge >= 0.3 is 0 Å². The Morgan fingerprint density at radius 2 is 1.92 bits per heavy atom. The molecule has 1 amide bonds. The predicted octanol–water partition coefficient (Wildman–Crippen LogP) is 0.912. The zero-order valence-corrected chi connectivity index (χ0v) is 15.1. The van der Waals surface area contributed by atoms with Crippen molar-refractivity contribution in [2.24, 2.45) is 0 Å². The maximum atomic E-state index is 12.8. The molecule has 0 radical (unpaired) electrons. The molecule has 6 nitrogen and oxygen atoms in total. The third kappa shape index (κ3) is 4.43. The fourth-order valence-corrected chi connectivity index (χ4v) is 4.43. The maximum Gasteiger partial charge on any atom is 0.243 e. The Balaban J connectivity index is 1.99. The highest BCUT2D eigenvalue weighted by atomic mass is 32.2. The van der Waals surface area contributed by atoms with Gasteiger partial charge in [-0.05, 0) is 31.0 Å². The highest BCUT2D eigenvalue weighted by Gasteiger charge is 2.30. The van der Waals surface area contributed by atoms with Gasteiger partial charge in [-0.3, -0.25) is 9.69 Å². The fraction of sp³-hybridized carbons (Fsp3) is 0.471. The third-order valence-electron chi connectivity index (χ3n) is 4.10. The van der Waals surface area contributed by atoms with Crippen LogP contribution in [0.1, 0.15) is 11.1 Å². The number of piperazine rings is 1. The van der Waals surface area contributed by atoms with Crippen LogP contribution in [-0.4, -0.2) is 62.8 Å². The van der Waals surface area contributed by atoms with Gasteiger partial charge in [-0.1, -0.05) is 18.2 Å². The lowest BCUT2D eigenvalue weighted by Crippen LogP contribution is -2.51. The number of carbonyl (C=O) groups excluding carboxylic acids is 1. The lowest BCUT2D eigenvalue weighted by atomic mass is 10.2. The van der Waals surface area contributed by atoms with Crippen molar-refractivity contribution in [1.82, 2.24) is 14.5 Å². The van der Waals surface area contributed by atoms with Crippen LogP contribution in [0, 0.1) is 13.8 Å². The van der Waals surface area contributed by atoms with Crippen LogP contribution in [0.2, 0.25) is 0 Å². The van der Waals surface area contributed by atoms with Crippen molar-refractivity contribution >= 4 is 15.9 Å². The fourth-order valence-electron chi connectivity index (χ4n) is 2.70. The molecule has 24 heavy (non-hydrogen) atoms. The molecule has 0 unspecified atom stereocenters. The number of nitrogens with zero attached hydrogens (tertiary/aromatic N) is 2. The van der Waals surface area contributed by atoms with Gasteiger partial charge in [-0.15, -0.1) is 6.58 Å². The average molecular weight is 351 g/mol. The van der Waals surface area contributed by atoms with Gasteiger partial charge in [0.15, 0.2) is 0 Å². The Labute approximate surface area is 144 Å². The number of aryl methyl sites for hydroxylation is 2. The van der Waals surface area contributed by atoms with Crippen LogP contribution in [0.15, 0.2) is 35.7 Å². The molecule has 1 N–H and O–H groups in total. The number of amides is 1. The lowest BCUT2D eigenvalue weighted by Gasteiger charge is -2.33. The summed E-state index contributed by atoms with van der Waals surface area (Å²) in [7, 11) is -3.49. The molecule has 0 aliphatic carbocycles. The molecule has 132 valence electrons. The van der Waals surface area contributed by atoms with Crippen molar-refractivity contribution in [2.75, 3.05) is 39.3 Å². The molecule has 0 atom stereocenters. The molecule has 1 aliphatic heterocycles. The van der Waals surface area contributed by atoms with E-state index in [-0.39, 0.29) is 12.5 Å². The van der Waals surface area contributed by atoms with E-state index in [1.807, 2.05) is 30.9 Å². The Kier molecular flexibility index (Phi) is 6.15. The summed E-state index contributed by atoms with van der Waals surface area (Å²) in [6.45, 7) is 9.86. The van der Waals surface area contributed by atoms with E-state index in [4.69, 9.17) is 0 Å². The van der Waals surface area contributed by atoms with E-state index >= 15 is 0 Å². The number of hydrogen-bond donors (Lipinski definition) is 1. The Bertz CT molecular complexity index is 708. The van der Waals surface area contributed by atoms with Gasteiger partial charge in [-0.2, -0.15) is 4.31 Å². The molecular weight excluding hydrogens is 326 g/mol. The van der Waals surface area contributed by atoms with Gasteiger partial charge in [0, 0.05) is 32.7 Å². The van der Waals surface area contributed by atoms with Gasteiger partial charge < -0.3 is 5.32 Å². The molecule has 1 saturated heterocycles. The number of nitrogens with one attached hydrogen (secondary N) is 1. The highest BCUT2D eigenvalue weighted by molar-refractivity contribution is 7.89. The molecule has 1 fully saturated rings. The number of sulfonamides is 1. The van der Waals surface area contributed by atoms with Crippen molar-refractivity contribution in [3.8, 4) is 0 Å². The molecule has 1 aliphatic rings. The molecule has 0 saturated carbocycles. The SMILES string of the molecule is C=CCNC(=O)CN1CCN(S(=O)(=O)c2cc(C)ccc2C)CC1. The van der Waals surface area contributed by atoms with Crippen LogP contribution in [0.4, 0.5) is 0 Å². The van der Waals surface area contributed by atoms with E-state index in [0.29, 0.717) is 37.6 Å². The van der Waals surface area contributed by atoms with Crippen molar-refractivity contribution in [2.45, 2.75) is 18.7 Å². The summed E-state index contributed by atoms with van der Waals surface area (Å²) in [5, 5.41) is 2.73. The van der Waals surface area contributed by atoms with Crippen LogP contribution in [0.5, 0.6) is 0 Å². The van der Waals surface area contributed by atoms with Gasteiger partial charge in [-0.25, -0.2) is 8.42 Å². The summed E-state index contributed by atoms with van der Waals surface area (Å²) in [5.41, 5.74) is 1.68. The van der Waals surface area contributed by atoms with E-state index in [9.17, 15) is 13.2 Å². The summed E-state index contributed by atoms with van der Waals surface area (Å²) >= 11 is 0. The Hall–Kier alpha value is -1.70. The van der Waals surface area contributed by atoms with Gasteiger partial charge in [0.2, 0.25) is 15.9 Å². The summed E-state index contributed by atoms with van der Waals surface area (Å²) in [5.74, 6) is -0.0688. The Morgan fingerprint density at radius 1 is 1.25 bits per heavy atom. The van der Waals surface area contributed by atoms with Crippen LogP contribution < -0.4 is 5.32 Å². The zero-order valence-electron chi connectivity index (χ0n) is 14.3. The first-order valence-electron chi connectivity index (χ1n) is 8.02. The molecule has 1 aromatic carbocycles. The largest absolute Gasteiger partial charge is 0.352 e. The summed E-state index contributed by atoms with van der Waals surface area (Å²) in [4.78, 5) is 14.1. The number of benzene rings is 1. The third-order valence-corrected chi connectivity index (χ3v) is 6.14. The molecule has 2 rings (SSSR count). The maximum absolute atomic E-state index is 12.8. The topological polar surface area (TPSA) is 69.7 Å². The molecule has 1 heterocycles. The second kappa shape index (κ2) is 7.92. The first kappa shape index (κ1) is 18.6. The molecule has 0 aromatic heterocycles. The lowest BCUT2D eigenvalue weighted by molar-refractivity contribution is -0.122. The van der Waals surface area contributed by atoms with Crippen LogP contribution >= 0.6 is 0 Å². The first-order valence-corrected chi connectivity index (χ1v) is 9.46. The number of carbonyl (C=O) groups is 1. The predicted molar refractivity (Wildman–Crippen MR) is 94.3 cm³/mol. The Morgan fingerprint density at radius 3 is 2.54 bits per heavy atom. The molecular formula is C17H25N3O3S. The minimum Gasteiger partial charge on any atom is -0.352 e. The summed E-state index contributed by atoms with van der Waals surface area (Å²) < 4.78 is 27.2. The normalized spacial score (nSPS) is 16.8. The standard InChI is InChI=1S/C17H25N3O3S/c1-4-7-18-17(21)13-19-8-10-20(11-9-19)24(22,23)16-12-14(2)5-6-15(16)3/h4-6,12H,1,7-11,13H2,2-3H3,(H,18,21). The van der Waals surface area contributed by atoms with Crippen LogP contribution in [-0.2, 0) is 14.8 Å². The first-order chi connectivity index (χ1) is 11.3. The smallest absolute Gasteiger partial charge is 0.243 e. The number of hydrogen-bond acceptors (Lipinski definition) is 4. The van der Waals surface area contributed by atoms with Crippen LogP contribution in [0.25, 0.3) is 0 Å². The van der Waals surface area contributed by atoms with E-state index in [1.54, 1.807) is 12.1 Å². The molecule has 0 bridgehead atoms. The van der Waals surface area contributed by atoms with Gasteiger partial charge in [0.05, 0.1) is 11.4 Å². The zero-order chi connectivity index (χ0) is 17.7. The van der Waals surface area contributed by atoms with E-state index in [1.165, 1.54) is 4.31 Å². The van der Waals surface area contributed by atoms with E-state index < -0.39 is 10.0 Å². The second-order valence-electron chi connectivity index (χ2n) is 6.04. The van der Waals surface area contributed by atoms with Crippen molar-refractivity contribution in [3.63, 3.8) is 0 Å². The van der Waals surface area contributed by atoms with Crippen LogP contribution in [0.3, 0.4) is 0 Å². The molecule has 1 aromatic rings. The van der Waals surface area contributed by atoms with E-state index in [2.05, 4.69) is 11.9 Å². The highest BCUT2D eigenvalue weighted by Crippen LogP contribution is 2.22. The van der Waals surface area contributed by atoms with Crippen molar-refractivity contribution in [1.29, 1.82) is 0 Å². The minimum atomic E-state index is -3.49. The minimum absolute atomic E-state index is 0.0688. The monoisotopic (exact) mass is 351 g/mol. The quantitative estimate of drug-likeness (QED) is 0.774. The van der Waals surface area contributed by atoms with Crippen molar-refractivity contribution < 1.29 is 13.2 Å². The van der Waals surface area contributed by atoms with Gasteiger partial charge in [0.25, 0.3) is 0 Å². The van der Waals surface area contributed by atoms with Crippen molar-refractivity contribution in [3.05, 3.63) is 42.0 Å². The van der Waals surface area contributed by atoms with E-state index in [0.717, 1.165) is 11.1 Å². The molecule has 7 heteroatoms. The summed E-state index contributed by atoms with van der Waals surface area (Å²) in [6.07, 6.45) is 1.63. The molecule has 0 spiro atoms. The average Bonchev–Trinajstić information content (AvgIpc) is 2.55. The van der Waals surface area contributed by atoms with Gasteiger partial charge in [0.1, 0.15) is 0 Å². The number of rotatable bonds is 6. The second-order valence-corrected chi connectivity index (χ2v) is 7.95.